The van der Waals surface area contributed by atoms with Crippen LogP contribution in [0.5, 0.6) is 11.5 Å². The third-order valence-corrected chi connectivity index (χ3v) is 6.77. The normalized spacial score (nSPS) is 16.8. The predicted molar refractivity (Wildman–Crippen MR) is 109 cm³/mol. The van der Waals surface area contributed by atoms with Gasteiger partial charge >= 0.3 is 0 Å². The summed E-state index contributed by atoms with van der Waals surface area (Å²) in [4.78, 5) is 27.3. The number of phenols is 1. The van der Waals surface area contributed by atoms with Crippen molar-refractivity contribution >= 4 is 38.1 Å². The number of carbonyl (C=O) groups is 2. The molecule has 0 spiro atoms. The third-order valence-electron chi connectivity index (χ3n) is 4.30. The molecule has 2 amide bonds. The number of hydrogen-bond acceptors (Lipinski definition) is 5. The summed E-state index contributed by atoms with van der Waals surface area (Å²) < 4.78 is 18.7. The highest BCUT2D eigenvalue weighted by Gasteiger charge is 2.28. The first kappa shape index (κ1) is 21.1. The van der Waals surface area contributed by atoms with E-state index in [1.807, 2.05) is 0 Å². The molecule has 153 valence electrons. The van der Waals surface area contributed by atoms with Crippen LogP contribution in [-0.2, 0) is 9.59 Å². The monoisotopic (exact) mass is 436 g/mol. The molecule has 0 aliphatic carbocycles. The van der Waals surface area contributed by atoms with E-state index in [1.54, 1.807) is 12.1 Å². The lowest BCUT2D eigenvalue weighted by Gasteiger charge is -2.28. The Kier molecular flexibility index (Phi) is 7.07. The number of aromatic hydroxyl groups is 1. The van der Waals surface area contributed by atoms with Gasteiger partial charge in [0.05, 0.1) is 11.1 Å². The number of benzene rings is 2. The Bertz CT molecular complexity index is 894. The van der Waals surface area contributed by atoms with Gasteiger partial charge in [-0.3, -0.25) is 9.59 Å². The van der Waals surface area contributed by atoms with E-state index in [2.05, 4.69) is 15.6 Å². The fourth-order valence-electron chi connectivity index (χ4n) is 2.85. The van der Waals surface area contributed by atoms with Crippen LogP contribution in [0.3, 0.4) is 0 Å². The maximum absolute atomic E-state index is 13.4. The molecule has 0 aromatic heterocycles. The summed E-state index contributed by atoms with van der Waals surface area (Å²) in [5.74, 6) is -0.779. The zero-order valence-corrected chi connectivity index (χ0v) is 17.1. The molecule has 0 saturated carbocycles. The lowest BCUT2D eigenvalue weighted by atomic mass is 10.2. The molecular weight excluding hydrogens is 417 g/mol. The van der Waals surface area contributed by atoms with E-state index >= 15 is 0 Å². The van der Waals surface area contributed by atoms with Crippen LogP contribution in [-0.4, -0.2) is 44.7 Å². The number of phenolic OH excluding ortho intramolecular Hbond substituents is 1. The van der Waals surface area contributed by atoms with Gasteiger partial charge < -0.3 is 25.5 Å². The van der Waals surface area contributed by atoms with Crippen molar-refractivity contribution in [2.75, 3.05) is 18.1 Å². The van der Waals surface area contributed by atoms with Crippen LogP contribution in [0.4, 0.5) is 10.1 Å². The molecule has 1 radical (unpaired) electrons. The number of hydrogen-bond donors (Lipinski definition) is 4. The van der Waals surface area contributed by atoms with E-state index < -0.39 is 14.8 Å². The largest absolute Gasteiger partial charge is 0.508 e. The van der Waals surface area contributed by atoms with Crippen molar-refractivity contribution in [1.29, 1.82) is 0 Å². The van der Waals surface area contributed by atoms with Crippen molar-refractivity contribution in [3.05, 3.63) is 53.3 Å². The summed E-state index contributed by atoms with van der Waals surface area (Å²) in [5, 5.41) is 15.4. The number of rotatable bonds is 6. The number of nitrogens with one attached hydrogen (secondary N) is 3. The van der Waals surface area contributed by atoms with E-state index in [4.69, 9.17) is 16.3 Å². The Balaban J connectivity index is 1.40. The van der Waals surface area contributed by atoms with Gasteiger partial charge in [0.1, 0.15) is 17.3 Å². The number of ether oxygens (including phenoxy) is 1. The van der Waals surface area contributed by atoms with E-state index in [0.717, 1.165) is 12.1 Å². The molecular formula is C19H20ClFN3O4Si. The molecule has 1 fully saturated rings. The fraction of sp³-hybridized carbons (Fsp3) is 0.263. The molecule has 0 unspecified atom stereocenters. The average molecular weight is 437 g/mol. The van der Waals surface area contributed by atoms with E-state index in [1.165, 1.54) is 24.3 Å². The SMILES string of the molecule is O=C(COc1ccc(Cl)c(F)c1)N[Si]1CC[C@H](C(=O)Nc2cccc(O)c2)NC1. The maximum Gasteiger partial charge on any atom is 0.250 e. The van der Waals surface area contributed by atoms with Gasteiger partial charge in [0.15, 0.2) is 15.6 Å². The maximum atomic E-state index is 13.4. The molecule has 1 saturated heterocycles. The Hall–Kier alpha value is -2.62. The molecule has 4 N–H and O–H groups in total. The standard InChI is InChI=1S/C19H20ClFN3O4Si/c20-15-5-4-14(9-16(15)21)28-10-18(26)24-29-7-6-17(22-11-29)19(27)23-12-2-1-3-13(25)8-12/h1-5,8-9,17,22,25H,6-7,10-11H2,(H,23,27)(H,24,26)/t17-/m1/s1. The molecule has 1 atom stereocenters. The minimum atomic E-state index is -1.22. The molecule has 1 aliphatic rings. The zero-order valence-electron chi connectivity index (χ0n) is 15.4. The smallest absolute Gasteiger partial charge is 0.250 e. The molecule has 10 heteroatoms. The van der Waals surface area contributed by atoms with Crippen LogP contribution in [0.1, 0.15) is 6.42 Å². The lowest BCUT2D eigenvalue weighted by molar-refractivity contribution is -0.121. The van der Waals surface area contributed by atoms with Crippen molar-refractivity contribution in [2.45, 2.75) is 18.5 Å². The average Bonchev–Trinajstić information content (AvgIpc) is 2.69. The molecule has 29 heavy (non-hydrogen) atoms. The van der Waals surface area contributed by atoms with Crippen LogP contribution >= 0.6 is 11.6 Å². The Morgan fingerprint density at radius 2 is 2.14 bits per heavy atom. The van der Waals surface area contributed by atoms with Crippen LogP contribution in [0.15, 0.2) is 42.5 Å². The van der Waals surface area contributed by atoms with Gasteiger partial charge in [0, 0.05) is 24.0 Å². The van der Waals surface area contributed by atoms with Crippen molar-refractivity contribution in [3.8, 4) is 11.5 Å². The summed E-state index contributed by atoms with van der Waals surface area (Å²) in [7, 11) is -1.22. The number of carbonyl (C=O) groups excluding carboxylic acids is 2. The van der Waals surface area contributed by atoms with Gasteiger partial charge in [0.2, 0.25) is 11.8 Å². The molecule has 3 rings (SSSR count). The van der Waals surface area contributed by atoms with E-state index in [-0.39, 0.29) is 41.0 Å². The van der Waals surface area contributed by atoms with Crippen molar-refractivity contribution in [1.82, 2.24) is 10.3 Å². The molecule has 2 aromatic rings. The highest BCUT2D eigenvalue weighted by Crippen LogP contribution is 2.20. The van der Waals surface area contributed by atoms with Crippen molar-refractivity contribution in [2.24, 2.45) is 0 Å². The minimum absolute atomic E-state index is 0.0110. The van der Waals surface area contributed by atoms with Gasteiger partial charge in [0.25, 0.3) is 0 Å². The summed E-state index contributed by atoms with van der Waals surface area (Å²) >= 11 is 5.61. The predicted octanol–water partition coefficient (Wildman–Crippen LogP) is 2.21. The van der Waals surface area contributed by atoms with Crippen LogP contribution < -0.4 is 20.4 Å². The number of amides is 2. The highest BCUT2D eigenvalue weighted by atomic mass is 35.5. The molecule has 0 bridgehead atoms. The lowest BCUT2D eigenvalue weighted by Crippen LogP contribution is -2.56. The number of halogens is 2. The van der Waals surface area contributed by atoms with Crippen LogP contribution in [0.2, 0.25) is 11.1 Å². The summed E-state index contributed by atoms with van der Waals surface area (Å²) in [5.41, 5.74) is 0.525. The molecule has 2 aromatic carbocycles. The first-order chi connectivity index (χ1) is 13.9. The Morgan fingerprint density at radius 1 is 1.31 bits per heavy atom. The minimum Gasteiger partial charge on any atom is -0.508 e. The summed E-state index contributed by atoms with van der Waals surface area (Å²) in [6, 6.07) is 10.7. The first-order valence-corrected chi connectivity index (χ1v) is 11.3. The Morgan fingerprint density at radius 3 is 2.83 bits per heavy atom. The molecule has 1 heterocycles. The van der Waals surface area contributed by atoms with E-state index in [9.17, 15) is 19.1 Å². The zero-order chi connectivity index (χ0) is 20.8. The quantitative estimate of drug-likeness (QED) is 0.520. The van der Waals surface area contributed by atoms with Crippen LogP contribution in [0.25, 0.3) is 0 Å². The Labute approximate surface area is 173 Å². The van der Waals surface area contributed by atoms with Gasteiger partial charge in [-0.2, -0.15) is 0 Å². The van der Waals surface area contributed by atoms with Gasteiger partial charge in [-0.1, -0.05) is 17.7 Å². The van der Waals surface area contributed by atoms with Crippen molar-refractivity contribution in [3.63, 3.8) is 0 Å². The topological polar surface area (TPSA) is 99.7 Å². The summed E-state index contributed by atoms with van der Waals surface area (Å²) in [6.45, 7) is -0.226. The van der Waals surface area contributed by atoms with Crippen LogP contribution in [0, 0.1) is 5.82 Å². The second-order valence-electron chi connectivity index (χ2n) is 6.53. The molecule has 1 aliphatic heterocycles. The van der Waals surface area contributed by atoms with Gasteiger partial charge in [-0.15, -0.1) is 0 Å². The fourth-order valence-corrected chi connectivity index (χ4v) is 4.95. The number of anilines is 1. The van der Waals surface area contributed by atoms with Crippen molar-refractivity contribution < 1.29 is 23.8 Å². The summed E-state index contributed by atoms with van der Waals surface area (Å²) in [6.07, 6.45) is 1.12. The highest BCUT2D eigenvalue weighted by molar-refractivity contribution is 6.59. The second kappa shape index (κ2) is 9.73. The van der Waals surface area contributed by atoms with E-state index in [0.29, 0.717) is 18.3 Å². The molecule has 7 nitrogen and oxygen atoms in total. The van der Waals surface area contributed by atoms with Gasteiger partial charge in [-0.25, -0.2) is 4.39 Å². The first-order valence-electron chi connectivity index (χ1n) is 8.96. The second-order valence-corrected chi connectivity index (χ2v) is 9.25. The van der Waals surface area contributed by atoms with Gasteiger partial charge in [-0.05, 0) is 36.7 Å². The third kappa shape index (κ3) is 6.18.